The van der Waals surface area contributed by atoms with Crippen LogP contribution in [0.3, 0.4) is 0 Å². The molecule has 7 nitrogen and oxygen atoms in total. The quantitative estimate of drug-likeness (QED) is 0.861. The summed E-state index contributed by atoms with van der Waals surface area (Å²) in [5.74, 6) is -0.118. The summed E-state index contributed by atoms with van der Waals surface area (Å²) in [6, 6.07) is 4.87. The summed E-state index contributed by atoms with van der Waals surface area (Å²) < 4.78 is 0. The van der Waals surface area contributed by atoms with E-state index in [0.29, 0.717) is 16.5 Å². The Hall–Kier alpha value is -2.67. The molecule has 3 N–H and O–H groups in total. The van der Waals surface area contributed by atoms with Crippen LogP contribution in [-0.2, 0) is 4.79 Å². The Bertz CT molecular complexity index is 855. The maximum Gasteiger partial charge on any atom is 0.248 e. The largest absolute Gasteiger partial charge is 0.366 e. The lowest BCUT2D eigenvalue weighted by Crippen LogP contribution is -2.48. The molecule has 0 fully saturated rings. The molecule has 2 heterocycles. The number of nitrogens with one attached hydrogen (secondary N) is 1. The van der Waals surface area contributed by atoms with Crippen molar-refractivity contribution >= 4 is 35.1 Å². The zero-order valence-corrected chi connectivity index (χ0v) is 15.5. The molecule has 0 aliphatic carbocycles. The lowest BCUT2D eigenvalue weighted by atomic mass is 9.82. The summed E-state index contributed by atoms with van der Waals surface area (Å²) in [6.45, 7) is 5.56. The molecule has 1 aromatic carbocycles. The van der Waals surface area contributed by atoms with Gasteiger partial charge in [0.05, 0.1) is 23.5 Å². The van der Waals surface area contributed by atoms with E-state index in [-0.39, 0.29) is 23.9 Å². The number of carbonyl (C=O) groups is 2. The van der Waals surface area contributed by atoms with E-state index in [9.17, 15) is 9.59 Å². The van der Waals surface area contributed by atoms with Gasteiger partial charge in [-0.2, -0.15) is 0 Å². The van der Waals surface area contributed by atoms with Crippen LogP contribution in [0.1, 0.15) is 42.7 Å². The SMILES string of the molecule is CC(=O)N1c2ccc(C(N)=O)cc2C(Nc2ncc(Cl)cn2)C(C)C1C. The topological polar surface area (TPSA) is 101 Å². The van der Waals surface area contributed by atoms with Crippen molar-refractivity contribution in [2.45, 2.75) is 32.9 Å². The molecule has 0 saturated heterocycles. The number of halogens is 1. The Morgan fingerprint density at radius 2 is 1.88 bits per heavy atom. The summed E-state index contributed by atoms with van der Waals surface area (Å²) >= 11 is 5.85. The zero-order chi connectivity index (χ0) is 19.0. The van der Waals surface area contributed by atoms with Crippen LogP contribution in [0, 0.1) is 5.92 Å². The van der Waals surface area contributed by atoms with Gasteiger partial charge in [0.15, 0.2) is 0 Å². The minimum atomic E-state index is -0.519. The number of carbonyl (C=O) groups excluding carboxylic acids is 2. The highest BCUT2D eigenvalue weighted by molar-refractivity contribution is 6.30. The molecule has 2 aromatic rings. The van der Waals surface area contributed by atoms with Gasteiger partial charge in [-0.15, -0.1) is 0 Å². The lowest BCUT2D eigenvalue weighted by molar-refractivity contribution is -0.117. The van der Waals surface area contributed by atoms with Crippen molar-refractivity contribution in [3.8, 4) is 0 Å². The average molecular weight is 374 g/mol. The normalized spacial score (nSPS) is 21.8. The first kappa shape index (κ1) is 18.1. The van der Waals surface area contributed by atoms with Gasteiger partial charge < -0.3 is 16.0 Å². The van der Waals surface area contributed by atoms with E-state index in [1.807, 2.05) is 13.8 Å². The molecule has 2 amide bonds. The molecule has 26 heavy (non-hydrogen) atoms. The van der Waals surface area contributed by atoms with E-state index in [2.05, 4.69) is 15.3 Å². The Labute approximate surface area is 156 Å². The van der Waals surface area contributed by atoms with Crippen molar-refractivity contribution in [2.24, 2.45) is 11.7 Å². The van der Waals surface area contributed by atoms with Gasteiger partial charge in [-0.25, -0.2) is 9.97 Å². The minimum Gasteiger partial charge on any atom is -0.366 e. The fraction of sp³-hybridized carbons (Fsp3) is 0.333. The highest BCUT2D eigenvalue weighted by Crippen LogP contribution is 2.42. The number of fused-ring (bicyclic) bond motifs is 1. The van der Waals surface area contributed by atoms with E-state index < -0.39 is 5.91 Å². The molecule has 0 saturated carbocycles. The van der Waals surface area contributed by atoms with E-state index in [4.69, 9.17) is 17.3 Å². The van der Waals surface area contributed by atoms with E-state index in [1.54, 1.807) is 23.1 Å². The Morgan fingerprint density at radius 1 is 1.23 bits per heavy atom. The molecule has 8 heteroatoms. The Morgan fingerprint density at radius 3 is 2.46 bits per heavy atom. The maximum absolute atomic E-state index is 12.2. The average Bonchev–Trinajstić information content (AvgIpc) is 2.60. The third-order valence-corrected chi connectivity index (χ3v) is 5.04. The van der Waals surface area contributed by atoms with Crippen molar-refractivity contribution in [2.75, 3.05) is 10.2 Å². The van der Waals surface area contributed by atoms with Crippen molar-refractivity contribution in [3.05, 3.63) is 46.7 Å². The second-order valence-electron chi connectivity index (χ2n) is 6.47. The number of hydrogen-bond donors (Lipinski definition) is 2. The van der Waals surface area contributed by atoms with E-state index in [0.717, 1.165) is 11.3 Å². The first-order valence-corrected chi connectivity index (χ1v) is 8.65. The number of amides is 2. The molecule has 1 aliphatic rings. The van der Waals surface area contributed by atoms with Crippen LogP contribution in [0.2, 0.25) is 5.02 Å². The van der Waals surface area contributed by atoms with Gasteiger partial charge in [0.25, 0.3) is 0 Å². The number of benzene rings is 1. The van der Waals surface area contributed by atoms with Crippen LogP contribution in [0.5, 0.6) is 0 Å². The highest BCUT2D eigenvalue weighted by atomic mass is 35.5. The zero-order valence-electron chi connectivity index (χ0n) is 14.7. The molecule has 1 aliphatic heterocycles. The molecule has 136 valence electrons. The van der Waals surface area contributed by atoms with Crippen molar-refractivity contribution in [3.63, 3.8) is 0 Å². The van der Waals surface area contributed by atoms with Gasteiger partial charge in [0.1, 0.15) is 0 Å². The van der Waals surface area contributed by atoms with Gasteiger partial charge in [-0.05, 0) is 30.7 Å². The molecular weight excluding hydrogens is 354 g/mol. The molecule has 0 bridgehead atoms. The monoisotopic (exact) mass is 373 g/mol. The van der Waals surface area contributed by atoms with Crippen LogP contribution >= 0.6 is 11.6 Å². The van der Waals surface area contributed by atoms with Crippen molar-refractivity contribution in [1.29, 1.82) is 0 Å². The fourth-order valence-electron chi connectivity index (χ4n) is 3.38. The lowest BCUT2D eigenvalue weighted by Gasteiger charge is -2.43. The number of primary amides is 1. The number of nitrogens with zero attached hydrogens (tertiary/aromatic N) is 3. The van der Waals surface area contributed by atoms with Gasteiger partial charge in [0, 0.05) is 30.1 Å². The highest BCUT2D eigenvalue weighted by Gasteiger charge is 2.38. The smallest absolute Gasteiger partial charge is 0.248 e. The third-order valence-electron chi connectivity index (χ3n) is 4.84. The standard InChI is InChI=1S/C18H20ClN5O2/c1-9-10(2)24(11(3)25)15-5-4-12(17(20)26)6-14(15)16(9)23-18-21-7-13(19)8-22-18/h4-10,16H,1-3H3,(H2,20,26)(H,21,22,23). The predicted octanol–water partition coefficient (Wildman–Crippen LogP) is 2.77. The van der Waals surface area contributed by atoms with E-state index >= 15 is 0 Å². The Balaban J connectivity index is 2.09. The molecule has 3 rings (SSSR count). The predicted molar refractivity (Wildman–Crippen MR) is 100 cm³/mol. The molecule has 0 spiro atoms. The molecule has 3 atom stereocenters. The number of anilines is 2. The summed E-state index contributed by atoms with van der Waals surface area (Å²) in [5, 5.41) is 3.74. The molecule has 0 radical (unpaired) electrons. The van der Waals surface area contributed by atoms with E-state index in [1.165, 1.54) is 19.3 Å². The van der Waals surface area contributed by atoms with Crippen LogP contribution in [0.4, 0.5) is 11.6 Å². The van der Waals surface area contributed by atoms with Crippen molar-refractivity contribution in [1.82, 2.24) is 9.97 Å². The van der Waals surface area contributed by atoms with Gasteiger partial charge >= 0.3 is 0 Å². The number of nitrogens with two attached hydrogens (primary N) is 1. The Kier molecular flexibility index (Phi) is 4.82. The van der Waals surface area contributed by atoms with Crippen molar-refractivity contribution < 1.29 is 9.59 Å². The van der Waals surface area contributed by atoms with Crippen LogP contribution in [-0.4, -0.2) is 27.8 Å². The number of rotatable bonds is 3. The minimum absolute atomic E-state index is 0.0359. The number of hydrogen-bond acceptors (Lipinski definition) is 5. The first-order chi connectivity index (χ1) is 12.3. The molecule has 3 unspecified atom stereocenters. The molecular formula is C18H20ClN5O2. The second kappa shape index (κ2) is 6.92. The van der Waals surface area contributed by atoms with Gasteiger partial charge in [0.2, 0.25) is 17.8 Å². The van der Waals surface area contributed by atoms with Crippen LogP contribution in [0.15, 0.2) is 30.6 Å². The first-order valence-electron chi connectivity index (χ1n) is 8.27. The van der Waals surface area contributed by atoms with Gasteiger partial charge in [-0.1, -0.05) is 18.5 Å². The second-order valence-corrected chi connectivity index (χ2v) is 6.91. The summed E-state index contributed by atoms with van der Waals surface area (Å²) in [5.41, 5.74) is 7.38. The molecule has 1 aromatic heterocycles. The summed E-state index contributed by atoms with van der Waals surface area (Å²) in [7, 11) is 0. The van der Waals surface area contributed by atoms with Crippen LogP contribution < -0.4 is 16.0 Å². The van der Waals surface area contributed by atoms with Gasteiger partial charge in [-0.3, -0.25) is 9.59 Å². The maximum atomic E-state index is 12.2. The fourth-order valence-corrected chi connectivity index (χ4v) is 3.48. The summed E-state index contributed by atoms with van der Waals surface area (Å²) in [4.78, 5) is 34.0. The number of aromatic nitrogens is 2. The van der Waals surface area contributed by atoms with Crippen LogP contribution in [0.25, 0.3) is 0 Å². The third kappa shape index (κ3) is 3.22. The summed E-state index contributed by atoms with van der Waals surface area (Å²) in [6.07, 6.45) is 3.02.